The van der Waals surface area contributed by atoms with E-state index in [1.807, 2.05) is 0 Å². The minimum absolute atomic E-state index is 0.00535. The Hall–Kier alpha value is -3.85. The fourth-order valence-electron chi connectivity index (χ4n) is 2.80. The van der Waals surface area contributed by atoms with E-state index in [2.05, 4.69) is 10.9 Å². The van der Waals surface area contributed by atoms with Crippen molar-refractivity contribution in [3.05, 3.63) is 90.0 Å². The Morgan fingerprint density at radius 2 is 1.29 bits per heavy atom. The molecule has 0 spiro atoms. The molecule has 0 aromatic heterocycles. The Labute approximate surface area is 180 Å². The Balaban J connectivity index is 1.71. The third-order valence-corrected chi connectivity index (χ3v) is 6.31. The molecular formula is C22H21N3O5S. The normalized spacial score (nSPS) is 10.8. The minimum atomic E-state index is -3.88. The van der Waals surface area contributed by atoms with Crippen LogP contribution in [0.25, 0.3) is 0 Å². The topological polar surface area (TPSA) is 105 Å². The second kappa shape index (κ2) is 9.31. The van der Waals surface area contributed by atoms with Gasteiger partial charge in [-0.25, -0.2) is 8.42 Å². The van der Waals surface area contributed by atoms with Crippen LogP contribution in [-0.2, 0) is 10.0 Å². The SMILES string of the molecule is COc1ccccc1N(C)S(=O)(=O)c1ccc(C(=O)NNC(=O)c2ccccc2)cc1. The van der Waals surface area contributed by atoms with Crippen LogP contribution >= 0.6 is 0 Å². The first-order valence-electron chi connectivity index (χ1n) is 9.22. The molecule has 0 aliphatic heterocycles. The molecule has 0 fully saturated rings. The number of hydrogen-bond acceptors (Lipinski definition) is 5. The zero-order chi connectivity index (χ0) is 22.4. The lowest BCUT2D eigenvalue weighted by Gasteiger charge is -2.21. The van der Waals surface area contributed by atoms with Crippen molar-refractivity contribution in [1.29, 1.82) is 0 Å². The van der Waals surface area contributed by atoms with E-state index >= 15 is 0 Å². The van der Waals surface area contributed by atoms with E-state index in [9.17, 15) is 18.0 Å². The van der Waals surface area contributed by atoms with Gasteiger partial charge in [0.05, 0.1) is 17.7 Å². The number of carbonyl (C=O) groups is 2. The average molecular weight is 439 g/mol. The predicted octanol–water partition coefficient (Wildman–Crippen LogP) is 2.60. The van der Waals surface area contributed by atoms with E-state index in [1.54, 1.807) is 54.6 Å². The van der Waals surface area contributed by atoms with Gasteiger partial charge in [0, 0.05) is 18.2 Å². The van der Waals surface area contributed by atoms with Gasteiger partial charge in [0.2, 0.25) is 0 Å². The van der Waals surface area contributed by atoms with Crippen molar-refractivity contribution in [2.24, 2.45) is 0 Å². The highest BCUT2D eigenvalue weighted by Crippen LogP contribution is 2.30. The number of carbonyl (C=O) groups excluding carboxylic acids is 2. The molecule has 0 atom stereocenters. The lowest BCUT2D eigenvalue weighted by Crippen LogP contribution is -2.41. The van der Waals surface area contributed by atoms with Crippen molar-refractivity contribution in [1.82, 2.24) is 10.9 Å². The molecule has 0 saturated carbocycles. The van der Waals surface area contributed by atoms with Crippen LogP contribution in [0.5, 0.6) is 5.75 Å². The number of nitrogens with zero attached hydrogens (tertiary/aromatic N) is 1. The number of rotatable bonds is 6. The van der Waals surface area contributed by atoms with Crippen LogP contribution in [-0.4, -0.2) is 34.4 Å². The van der Waals surface area contributed by atoms with Crippen LogP contribution in [0.3, 0.4) is 0 Å². The summed E-state index contributed by atoms with van der Waals surface area (Å²) in [6.07, 6.45) is 0. The summed E-state index contributed by atoms with van der Waals surface area (Å²) in [5.74, 6) is -0.628. The average Bonchev–Trinajstić information content (AvgIpc) is 2.82. The van der Waals surface area contributed by atoms with Gasteiger partial charge in [0.25, 0.3) is 21.8 Å². The quantitative estimate of drug-likeness (QED) is 0.575. The smallest absolute Gasteiger partial charge is 0.269 e. The van der Waals surface area contributed by atoms with Crippen LogP contribution in [0.2, 0.25) is 0 Å². The second-order valence-electron chi connectivity index (χ2n) is 6.44. The van der Waals surface area contributed by atoms with Crippen molar-refractivity contribution in [2.75, 3.05) is 18.5 Å². The zero-order valence-corrected chi connectivity index (χ0v) is 17.7. The maximum absolute atomic E-state index is 13.0. The van der Waals surface area contributed by atoms with Crippen LogP contribution in [0, 0.1) is 0 Å². The summed E-state index contributed by atoms with van der Waals surface area (Å²) in [7, 11) is -0.992. The number of methoxy groups -OCH3 is 1. The van der Waals surface area contributed by atoms with Gasteiger partial charge in [-0.05, 0) is 48.5 Å². The first-order chi connectivity index (χ1) is 14.8. The van der Waals surface area contributed by atoms with Gasteiger partial charge in [-0.15, -0.1) is 0 Å². The number of hydrogen-bond donors (Lipinski definition) is 2. The zero-order valence-electron chi connectivity index (χ0n) is 16.9. The molecule has 0 heterocycles. The van der Waals surface area contributed by atoms with Gasteiger partial charge < -0.3 is 4.74 Å². The van der Waals surface area contributed by atoms with E-state index in [1.165, 1.54) is 38.4 Å². The fraction of sp³-hybridized carbons (Fsp3) is 0.0909. The third kappa shape index (κ3) is 4.84. The minimum Gasteiger partial charge on any atom is -0.495 e. The third-order valence-electron chi connectivity index (χ3n) is 4.52. The number of benzene rings is 3. The molecule has 3 aromatic carbocycles. The summed E-state index contributed by atoms with van der Waals surface area (Å²) in [6.45, 7) is 0. The first kappa shape index (κ1) is 21.8. The molecule has 160 valence electrons. The molecule has 0 radical (unpaired) electrons. The lowest BCUT2D eigenvalue weighted by molar-refractivity contribution is 0.0846. The molecule has 0 saturated heterocycles. The van der Waals surface area contributed by atoms with E-state index < -0.39 is 21.8 Å². The Morgan fingerprint density at radius 1 is 0.774 bits per heavy atom. The summed E-state index contributed by atoms with van der Waals surface area (Å²) in [5.41, 5.74) is 5.58. The van der Waals surface area contributed by atoms with E-state index in [4.69, 9.17) is 4.74 Å². The lowest BCUT2D eigenvalue weighted by atomic mass is 10.2. The van der Waals surface area contributed by atoms with E-state index in [0.29, 0.717) is 17.0 Å². The van der Waals surface area contributed by atoms with Crippen molar-refractivity contribution in [3.8, 4) is 5.75 Å². The molecule has 3 rings (SSSR count). The van der Waals surface area contributed by atoms with Crippen LogP contribution < -0.4 is 19.9 Å². The maximum Gasteiger partial charge on any atom is 0.269 e. The van der Waals surface area contributed by atoms with E-state index in [0.717, 1.165) is 4.31 Å². The number of sulfonamides is 1. The number of hydrazine groups is 1. The molecule has 0 unspecified atom stereocenters. The van der Waals surface area contributed by atoms with Crippen molar-refractivity contribution < 1.29 is 22.7 Å². The number of amides is 2. The Morgan fingerprint density at radius 3 is 1.87 bits per heavy atom. The Kier molecular flexibility index (Phi) is 6.56. The van der Waals surface area contributed by atoms with Crippen molar-refractivity contribution >= 4 is 27.5 Å². The standard InChI is InChI=1S/C22H21N3O5S/c1-25(19-10-6-7-11-20(19)30-2)31(28,29)18-14-12-17(13-15-18)22(27)24-23-21(26)16-8-4-3-5-9-16/h3-15H,1-2H3,(H,23,26)(H,24,27). The first-order valence-corrected chi connectivity index (χ1v) is 10.7. The number of ether oxygens (including phenoxy) is 1. The van der Waals surface area contributed by atoms with Crippen LogP contribution in [0.4, 0.5) is 5.69 Å². The summed E-state index contributed by atoms with van der Waals surface area (Å²) in [4.78, 5) is 24.3. The van der Waals surface area contributed by atoms with Crippen molar-refractivity contribution in [3.63, 3.8) is 0 Å². The largest absolute Gasteiger partial charge is 0.495 e. The molecule has 3 aromatic rings. The monoisotopic (exact) mass is 439 g/mol. The molecule has 31 heavy (non-hydrogen) atoms. The number of anilines is 1. The molecular weight excluding hydrogens is 418 g/mol. The summed E-state index contributed by atoms with van der Waals surface area (Å²) in [5, 5.41) is 0. The molecule has 0 aliphatic carbocycles. The van der Waals surface area contributed by atoms with Gasteiger partial charge in [-0.3, -0.25) is 24.7 Å². The summed E-state index contributed by atoms with van der Waals surface area (Å²) >= 11 is 0. The number of para-hydroxylation sites is 2. The molecule has 2 N–H and O–H groups in total. The maximum atomic E-state index is 13.0. The van der Waals surface area contributed by atoms with Crippen LogP contribution in [0.1, 0.15) is 20.7 Å². The highest BCUT2D eigenvalue weighted by Gasteiger charge is 2.24. The van der Waals surface area contributed by atoms with E-state index in [-0.39, 0.29) is 10.5 Å². The predicted molar refractivity (Wildman–Crippen MR) is 116 cm³/mol. The van der Waals surface area contributed by atoms with Gasteiger partial charge in [-0.2, -0.15) is 0 Å². The van der Waals surface area contributed by atoms with Gasteiger partial charge in [-0.1, -0.05) is 30.3 Å². The van der Waals surface area contributed by atoms with Gasteiger partial charge >= 0.3 is 0 Å². The molecule has 0 bridgehead atoms. The molecule has 8 nitrogen and oxygen atoms in total. The van der Waals surface area contributed by atoms with Gasteiger partial charge in [0.1, 0.15) is 5.75 Å². The second-order valence-corrected chi connectivity index (χ2v) is 8.41. The van der Waals surface area contributed by atoms with Gasteiger partial charge in [0.15, 0.2) is 0 Å². The highest BCUT2D eigenvalue weighted by molar-refractivity contribution is 7.92. The summed E-state index contributed by atoms with van der Waals surface area (Å²) < 4.78 is 32.3. The molecule has 2 amide bonds. The summed E-state index contributed by atoms with van der Waals surface area (Å²) in [6, 6.07) is 20.6. The number of nitrogens with one attached hydrogen (secondary N) is 2. The highest BCUT2D eigenvalue weighted by atomic mass is 32.2. The fourth-order valence-corrected chi connectivity index (χ4v) is 4.01. The van der Waals surface area contributed by atoms with Crippen LogP contribution in [0.15, 0.2) is 83.8 Å². The molecule has 0 aliphatic rings. The Bertz CT molecular complexity index is 1180. The molecule has 9 heteroatoms. The van der Waals surface area contributed by atoms with Crippen molar-refractivity contribution in [2.45, 2.75) is 4.90 Å².